The van der Waals surface area contributed by atoms with E-state index >= 15 is 0 Å². The van der Waals surface area contributed by atoms with Crippen molar-refractivity contribution in [3.63, 3.8) is 0 Å². The first-order valence-electron chi connectivity index (χ1n) is 7.53. The van der Waals surface area contributed by atoms with E-state index in [9.17, 15) is 9.59 Å². The van der Waals surface area contributed by atoms with Crippen molar-refractivity contribution < 1.29 is 19.4 Å². The van der Waals surface area contributed by atoms with Crippen LogP contribution in [0.2, 0.25) is 0 Å². The Balaban J connectivity index is 1.94. The van der Waals surface area contributed by atoms with E-state index in [1.807, 2.05) is 31.2 Å². The molecule has 0 aromatic heterocycles. The van der Waals surface area contributed by atoms with Crippen LogP contribution in [0, 0.1) is 0 Å². The zero-order valence-electron chi connectivity index (χ0n) is 12.7. The number of carbonyl (C=O) groups is 2. The van der Waals surface area contributed by atoms with Crippen molar-refractivity contribution in [3.8, 4) is 5.75 Å². The van der Waals surface area contributed by atoms with E-state index in [1.165, 1.54) is 6.08 Å². The Labute approximate surface area is 130 Å². The molecule has 0 aliphatic heterocycles. The molecule has 0 radical (unpaired) electrons. The molecule has 0 saturated heterocycles. The number of ether oxygens (including phenoxy) is 1. The molecule has 1 fully saturated rings. The molecular formula is C17H21NO4. The fraction of sp³-hybridized carbons (Fsp3) is 0.412. The summed E-state index contributed by atoms with van der Waals surface area (Å²) in [6.07, 6.45) is 5.16. The van der Waals surface area contributed by atoms with Crippen LogP contribution in [0.25, 0.3) is 6.08 Å². The van der Waals surface area contributed by atoms with E-state index in [0.717, 1.165) is 24.2 Å². The first kappa shape index (κ1) is 16.1. The summed E-state index contributed by atoms with van der Waals surface area (Å²) in [6, 6.07) is 7.69. The van der Waals surface area contributed by atoms with Gasteiger partial charge in [0.15, 0.2) is 0 Å². The lowest BCUT2D eigenvalue weighted by Gasteiger charge is -2.19. The number of carbonyl (C=O) groups excluding carboxylic acids is 1. The summed E-state index contributed by atoms with van der Waals surface area (Å²) in [4.78, 5) is 24.5. The molecule has 5 heteroatoms. The summed E-state index contributed by atoms with van der Waals surface area (Å²) in [7, 11) is 0. The molecule has 1 saturated carbocycles. The summed E-state index contributed by atoms with van der Waals surface area (Å²) in [5, 5.41) is 8.76. The molecule has 22 heavy (non-hydrogen) atoms. The summed E-state index contributed by atoms with van der Waals surface area (Å²) < 4.78 is 5.36. The molecule has 0 unspecified atom stereocenters. The minimum atomic E-state index is -0.881. The third kappa shape index (κ3) is 4.91. The highest BCUT2D eigenvalue weighted by Crippen LogP contribution is 2.27. The van der Waals surface area contributed by atoms with Crippen LogP contribution in [0.4, 0.5) is 0 Å². The van der Waals surface area contributed by atoms with Gasteiger partial charge in [0.25, 0.3) is 0 Å². The molecule has 1 aliphatic carbocycles. The van der Waals surface area contributed by atoms with Crippen LogP contribution in [0.5, 0.6) is 5.75 Å². The SMILES string of the molecule is CCOc1ccc(/C=C/C(=O)N(CCC(=O)O)C2CC2)cc1. The second-order valence-electron chi connectivity index (χ2n) is 5.24. The molecule has 0 heterocycles. The summed E-state index contributed by atoms with van der Waals surface area (Å²) in [5.41, 5.74) is 0.908. The van der Waals surface area contributed by atoms with Gasteiger partial charge < -0.3 is 14.7 Å². The van der Waals surface area contributed by atoms with Crippen LogP contribution >= 0.6 is 0 Å². The molecule has 1 amide bonds. The molecule has 0 atom stereocenters. The van der Waals surface area contributed by atoms with Gasteiger partial charge in [0, 0.05) is 18.7 Å². The van der Waals surface area contributed by atoms with Gasteiger partial charge >= 0.3 is 5.97 Å². The molecule has 1 aliphatic rings. The fourth-order valence-corrected chi connectivity index (χ4v) is 2.18. The van der Waals surface area contributed by atoms with E-state index in [4.69, 9.17) is 9.84 Å². The molecule has 1 aromatic carbocycles. The van der Waals surface area contributed by atoms with Crippen LogP contribution in [0.15, 0.2) is 30.3 Å². The minimum absolute atomic E-state index is 0.0147. The van der Waals surface area contributed by atoms with Gasteiger partial charge in [-0.1, -0.05) is 12.1 Å². The van der Waals surface area contributed by atoms with E-state index in [0.29, 0.717) is 6.61 Å². The van der Waals surface area contributed by atoms with Crippen molar-refractivity contribution in [1.82, 2.24) is 4.90 Å². The summed E-state index contributed by atoms with van der Waals surface area (Å²) in [6.45, 7) is 2.82. The minimum Gasteiger partial charge on any atom is -0.494 e. The number of benzene rings is 1. The lowest BCUT2D eigenvalue weighted by atomic mass is 10.2. The first-order valence-corrected chi connectivity index (χ1v) is 7.53. The average molecular weight is 303 g/mol. The third-order valence-electron chi connectivity index (χ3n) is 3.45. The van der Waals surface area contributed by atoms with Crippen molar-refractivity contribution in [3.05, 3.63) is 35.9 Å². The number of carboxylic acids is 1. The number of hydrogen-bond acceptors (Lipinski definition) is 3. The van der Waals surface area contributed by atoms with Gasteiger partial charge in [-0.3, -0.25) is 9.59 Å². The van der Waals surface area contributed by atoms with Crippen LogP contribution in [-0.2, 0) is 9.59 Å². The number of nitrogens with zero attached hydrogens (tertiary/aromatic N) is 1. The third-order valence-corrected chi connectivity index (χ3v) is 3.45. The Morgan fingerprint density at radius 2 is 2.00 bits per heavy atom. The highest BCUT2D eigenvalue weighted by molar-refractivity contribution is 5.92. The second-order valence-corrected chi connectivity index (χ2v) is 5.24. The second kappa shape index (κ2) is 7.64. The monoisotopic (exact) mass is 303 g/mol. The molecule has 0 bridgehead atoms. The topological polar surface area (TPSA) is 66.8 Å². The largest absolute Gasteiger partial charge is 0.494 e. The molecule has 118 valence electrons. The maximum absolute atomic E-state index is 12.2. The number of aliphatic carboxylic acids is 1. The smallest absolute Gasteiger partial charge is 0.305 e. The molecule has 2 rings (SSSR count). The number of rotatable bonds is 8. The van der Waals surface area contributed by atoms with Gasteiger partial charge in [-0.15, -0.1) is 0 Å². The molecule has 5 nitrogen and oxygen atoms in total. The van der Waals surface area contributed by atoms with Crippen LogP contribution in [0.1, 0.15) is 31.7 Å². The maximum atomic E-state index is 12.2. The van der Waals surface area contributed by atoms with Gasteiger partial charge in [-0.05, 0) is 43.5 Å². The summed E-state index contributed by atoms with van der Waals surface area (Å²) >= 11 is 0. The zero-order chi connectivity index (χ0) is 15.9. The maximum Gasteiger partial charge on any atom is 0.305 e. The Morgan fingerprint density at radius 1 is 1.32 bits per heavy atom. The highest BCUT2D eigenvalue weighted by atomic mass is 16.5. The van der Waals surface area contributed by atoms with Gasteiger partial charge in [0.05, 0.1) is 13.0 Å². The van der Waals surface area contributed by atoms with Gasteiger partial charge in [0.2, 0.25) is 5.91 Å². The van der Waals surface area contributed by atoms with E-state index in [2.05, 4.69) is 0 Å². The molecular weight excluding hydrogens is 282 g/mol. The number of hydrogen-bond donors (Lipinski definition) is 1. The quantitative estimate of drug-likeness (QED) is 0.750. The Hall–Kier alpha value is -2.30. The van der Waals surface area contributed by atoms with Crippen molar-refractivity contribution in [2.45, 2.75) is 32.2 Å². The van der Waals surface area contributed by atoms with Crippen molar-refractivity contribution in [2.24, 2.45) is 0 Å². The normalized spacial score (nSPS) is 14.0. The molecule has 1 aromatic rings. The predicted octanol–water partition coefficient (Wildman–Crippen LogP) is 2.56. The molecule has 1 N–H and O–H groups in total. The Bertz CT molecular complexity index is 546. The van der Waals surface area contributed by atoms with Gasteiger partial charge in [-0.2, -0.15) is 0 Å². The lowest BCUT2D eigenvalue weighted by Crippen LogP contribution is -2.33. The Kier molecular flexibility index (Phi) is 5.58. The van der Waals surface area contributed by atoms with E-state index in [1.54, 1.807) is 11.0 Å². The first-order chi connectivity index (χ1) is 10.6. The van der Waals surface area contributed by atoms with Gasteiger partial charge in [0.1, 0.15) is 5.75 Å². The van der Waals surface area contributed by atoms with Crippen molar-refractivity contribution in [1.29, 1.82) is 0 Å². The van der Waals surface area contributed by atoms with Crippen molar-refractivity contribution >= 4 is 18.0 Å². The van der Waals surface area contributed by atoms with Crippen LogP contribution in [0.3, 0.4) is 0 Å². The van der Waals surface area contributed by atoms with Gasteiger partial charge in [-0.25, -0.2) is 0 Å². The van der Waals surface area contributed by atoms with E-state index < -0.39 is 5.97 Å². The predicted molar refractivity (Wildman–Crippen MR) is 83.6 cm³/mol. The van der Waals surface area contributed by atoms with Crippen LogP contribution < -0.4 is 4.74 Å². The number of carboxylic acid groups (broad SMARTS) is 1. The highest BCUT2D eigenvalue weighted by Gasteiger charge is 2.31. The summed E-state index contributed by atoms with van der Waals surface area (Å²) in [5.74, 6) is -0.210. The lowest BCUT2D eigenvalue weighted by molar-refractivity contribution is -0.138. The van der Waals surface area contributed by atoms with Crippen molar-refractivity contribution in [2.75, 3.05) is 13.2 Å². The number of amides is 1. The standard InChI is InChI=1S/C17H21NO4/c1-2-22-15-8-3-13(4-9-15)5-10-16(19)18(14-6-7-14)12-11-17(20)21/h3-5,8-10,14H,2,6-7,11-12H2,1H3,(H,20,21)/b10-5+. The average Bonchev–Trinajstić information content (AvgIpc) is 3.31. The molecule has 0 spiro atoms. The Morgan fingerprint density at radius 3 is 2.55 bits per heavy atom. The van der Waals surface area contributed by atoms with E-state index in [-0.39, 0.29) is 24.9 Å². The fourth-order valence-electron chi connectivity index (χ4n) is 2.18. The zero-order valence-corrected chi connectivity index (χ0v) is 12.7. The van der Waals surface area contributed by atoms with Crippen LogP contribution in [-0.4, -0.2) is 41.1 Å².